The number of phenolic OH excluding ortho intramolecular Hbond substituents is 8. The minimum Gasteiger partial charge on any atom is -0.508 e. The molecule has 7 rings (SSSR count). The topological polar surface area (TPSA) is 251 Å². The lowest BCUT2D eigenvalue weighted by Crippen LogP contribution is -2.39. The first-order valence-electron chi connectivity index (χ1n) is 12.6. The Labute approximate surface area is 243 Å². The Morgan fingerprint density at radius 2 is 1.32 bits per heavy atom. The van der Waals surface area contributed by atoms with Gasteiger partial charge in [-0.05, 0) is 36.4 Å². The SMILES string of the molecule is O=C1c2c(O)cc(O)cc2O[C@@]2(c3ccc(O)c(O)c3)O[C@@]12c1c(O)cc(O)c2c(=O)c(O)c(-c3ccc(O)c(O)c3)oc12. The van der Waals surface area contributed by atoms with Gasteiger partial charge in [-0.25, -0.2) is 0 Å². The van der Waals surface area contributed by atoms with Gasteiger partial charge in [-0.1, -0.05) is 0 Å². The summed E-state index contributed by atoms with van der Waals surface area (Å²) in [6.45, 7) is 0. The molecule has 0 saturated carbocycles. The number of ether oxygens (including phenoxy) is 2. The lowest BCUT2D eigenvalue weighted by molar-refractivity contribution is 0.0548. The number of Topliss-reactive ketones (excluding diaryl/α,β-unsaturated/α-hetero) is 1. The van der Waals surface area contributed by atoms with Crippen molar-refractivity contribution in [2.24, 2.45) is 0 Å². The van der Waals surface area contributed by atoms with Gasteiger partial charge in [-0.2, -0.15) is 0 Å². The molecule has 5 aromatic rings. The van der Waals surface area contributed by atoms with Crippen LogP contribution in [0.25, 0.3) is 22.3 Å². The number of benzene rings is 4. The molecule has 2 aliphatic heterocycles. The van der Waals surface area contributed by atoms with Gasteiger partial charge >= 0.3 is 0 Å². The number of hydrogen-bond donors (Lipinski definition) is 9. The Hall–Kier alpha value is -6.28. The zero-order chi connectivity index (χ0) is 31.5. The fraction of sp³-hybridized carbons (Fsp3) is 0.0667. The minimum atomic E-state index is -2.52. The van der Waals surface area contributed by atoms with Crippen LogP contribution < -0.4 is 10.2 Å². The number of aromatic hydroxyl groups is 9. The summed E-state index contributed by atoms with van der Waals surface area (Å²) in [7, 11) is 0. The van der Waals surface area contributed by atoms with E-state index in [1.165, 1.54) is 12.1 Å². The summed E-state index contributed by atoms with van der Waals surface area (Å²) in [5, 5.41) is 92.6. The second-order valence-electron chi connectivity index (χ2n) is 10.2. The number of epoxide rings is 1. The number of phenols is 8. The number of rotatable bonds is 3. The van der Waals surface area contributed by atoms with Crippen LogP contribution in [0.1, 0.15) is 21.5 Å². The van der Waals surface area contributed by atoms with E-state index in [2.05, 4.69) is 0 Å². The molecule has 0 unspecified atom stereocenters. The summed E-state index contributed by atoms with van der Waals surface area (Å²) < 4.78 is 17.9. The molecule has 44 heavy (non-hydrogen) atoms. The van der Waals surface area contributed by atoms with Crippen molar-refractivity contribution in [1.82, 2.24) is 0 Å². The lowest BCUT2D eigenvalue weighted by atomic mass is 9.79. The molecule has 14 heteroatoms. The van der Waals surface area contributed by atoms with Gasteiger partial charge < -0.3 is 59.8 Å². The molecule has 1 aromatic heterocycles. The van der Waals surface area contributed by atoms with E-state index in [1.807, 2.05) is 0 Å². The highest BCUT2D eigenvalue weighted by Gasteiger charge is 2.83. The Balaban J connectivity index is 1.60. The van der Waals surface area contributed by atoms with Crippen LogP contribution in [0, 0.1) is 0 Å². The van der Waals surface area contributed by atoms with Crippen molar-refractivity contribution in [2.45, 2.75) is 11.4 Å². The van der Waals surface area contributed by atoms with E-state index in [1.54, 1.807) is 0 Å². The van der Waals surface area contributed by atoms with Gasteiger partial charge in [0.05, 0.1) is 5.56 Å². The van der Waals surface area contributed by atoms with Gasteiger partial charge in [-0.3, -0.25) is 9.59 Å². The maximum Gasteiger partial charge on any atom is 0.280 e. The molecule has 9 N–H and O–H groups in total. The molecular formula is C30H18O14. The predicted molar refractivity (Wildman–Crippen MR) is 145 cm³/mol. The number of carbonyl (C=O) groups is 1. The highest BCUT2D eigenvalue weighted by atomic mass is 16.8. The fourth-order valence-electron chi connectivity index (χ4n) is 5.61. The molecule has 0 spiro atoms. The number of carbonyl (C=O) groups excluding carboxylic acids is 1. The third kappa shape index (κ3) is 3.22. The summed E-state index contributed by atoms with van der Waals surface area (Å²) in [5.41, 5.74) is -5.80. The molecule has 1 saturated heterocycles. The van der Waals surface area contributed by atoms with Crippen LogP contribution in [0.4, 0.5) is 0 Å². The standard InChI is InChI=1S/C30H18O14/c31-12-7-17(36)21-20(8-12)43-30(11-2-4-14(33)16(35)6-11)29(44-30,28(21)41)23-19(38)9-18(37)22-24(39)25(40)26(42-27(22)23)10-1-3-13(32)15(34)5-10/h1-9,31-38,40H/t29-,30-/m0/s1. The summed E-state index contributed by atoms with van der Waals surface area (Å²) in [5.74, 6) is -10.7. The lowest BCUT2D eigenvalue weighted by Gasteiger charge is -2.28. The molecule has 4 aromatic carbocycles. The summed E-state index contributed by atoms with van der Waals surface area (Å²) in [6.07, 6.45) is 0. The average Bonchev–Trinajstić information content (AvgIpc) is 3.63. The second kappa shape index (κ2) is 8.39. The third-order valence-corrected chi connectivity index (χ3v) is 7.63. The van der Waals surface area contributed by atoms with Gasteiger partial charge in [0.15, 0.2) is 34.3 Å². The average molecular weight is 602 g/mol. The maximum absolute atomic E-state index is 14.4. The van der Waals surface area contributed by atoms with E-state index < -0.39 is 102 Å². The Bertz CT molecular complexity index is 2180. The molecule has 0 aliphatic carbocycles. The predicted octanol–water partition coefficient (Wildman–Crippen LogP) is 3.16. The first-order valence-corrected chi connectivity index (χ1v) is 12.6. The van der Waals surface area contributed by atoms with Crippen LogP contribution in [0.5, 0.6) is 57.5 Å². The first kappa shape index (κ1) is 26.6. The number of hydrogen-bond acceptors (Lipinski definition) is 14. The highest BCUT2D eigenvalue weighted by molar-refractivity contribution is 6.13. The van der Waals surface area contributed by atoms with Gasteiger partial charge in [-0.15, -0.1) is 0 Å². The van der Waals surface area contributed by atoms with Crippen LogP contribution in [0.3, 0.4) is 0 Å². The van der Waals surface area contributed by atoms with Gasteiger partial charge in [0.1, 0.15) is 39.7 Å². The molecule has 0 radical (unpaired) electrons. The van der Waals surface area contributed by atoms with Crippen LogP contribution in [0.2, 0.25) is 0 Å². The quantitative estimate of drug-likeness (QED) is 0.106. The smallest absolute Gasteiger partial charge is 0.280 e. The van der Waals surface area contributed by atoms with Gasteiger partial charge in [0.2, 0.25) is 22.6 Å². The van der Waals surface area contributed by atoms with Crippen LogP contribution in [-0.4, -0.2) is 51.7 Å². The fourth-order valence-corrected chi connectivity index (χ4v) is 5.61. The number of fused-ring (bicyclic) bond motifs is 3. The highest BCUT2D eigenvalue weighted by Crippen LogP contribution is 2.70. The number of ketones is 1. The van der Waals surface area contributed by atoms with Crippen molar-refractivity contribution < 1.29 is 64.6 Å². The van der Waals surface area contributed by atoms with E-state index in [9.17, 15) is 55.5 Å². The van der Waals surface area contributed by atoms with Crippen molar-refractivity contribution in [3.8, 4) is 68.8 Å². The van der Waals surface area contributed by atoms with E-state index in [0.717, 1.165) is 36.4 Å². The van der Waals surface area contributed by atoms with E-state index in [-0.39, 0.29) is 16.9 Å². The van der Waals surface area contributed by atoms with E-state index in [0.29, 0.717) is 6.07 Å². The first-order chi connectivity index (χ1) is 20.8. The van der Waals surface area contributed by atoms with Crippen molar-refractivity contribution in [2.75, 3.05) is 0 Å². The maximum atomic E-state index is 14.4. The molecule has 1 fully saturated rings. The van der Waals surface area contributed by atoms with Crippen molar-refractivity contribution in [1.29, 1.82) is 0 Å². The van der Waals surface area contributed by atoms with Gasteiger partial charge in [0.25, 0.3) is 5.79 Å². The molecule has 14 nitrogen and oxygen atoms in total. The molecule has 2 atom stereocenters. The van der Waals surface area contributed by atoms with Gasteiger partial charge in [0, 0.05) is 29.3 Å². The Morgan fingerprint density at radius 1 is 0.636 bits per heavy atom. The monoisotopic (exact) mass is 602 g/mol. The van der Waals surface area contributed by atoms with E-state index in [4.69, 9.17) is 13.9 Å². The second-order valence-corrected chi connectivity index (χ2v) is 10.2. The molecule has 2 aliphatic rings. The molecule has 222 valence electrons. The molecular weight excluding hydrogens is 584 g/mol. The van der Waals surface area contributed by atoms with Crippen molar-refractivity contribution in [3.63, 3.8) is 0 Å². The van der Waals surface area contributed by atoms with E-state index >= 15 is 0 Å². The normalized spacial score (nSPS) is 20.1. The zero-order valence-corrected chi connectivity index (χ0v) is 21.8. The summed E-state index contributed by atoms with van der Waals surface area (Å²) in [4.78, 5) is 27.8. The third-order valence-electron chi connectivity index (χ3n) is 7.63. The Kier molecular flexibility index (Phi) is 5.07. The summed E-state index contributed by atoms with van der Waals surface area (Å²) in [6, 6.07) is 8.95. The zero-order valence-electron chi connectivity index (χ0n) is 21.8. The van der Waals surface area contributed by atoms with Crippen molar-refractivity contribution >= 4 is 16.8 Å². The molecule has 3 heterocycles. The summed E-state index contributed by atoms with van der Waals surface area (Å²) >= 11 is 0. The Morgan fingerprint density at radius 3 is 2.00 bits per heavy atom. The van der Waals surface area contributed by atoms with Crippen LogP contribution in [0.15, 0.2) is 63.8 Å². The van der Waals surface area contributed by atoms with Crippen LogP contribution in [-0.2, 0) is 16.1 Å². The minimum absolute atomic E-state index is 0.111. The van der Waals surface area contributed by atoms with Crippen molar-refractivity contribution in [3.05, 3.63) is 81.5 Å². The van der Waals surface area contributed by atoms with Crippen LogP contribution >= 0.6 is 0 Å². The molecule has 0 bridgehead atoms. The molecule has 0 amide bonds. The largest absolute Gasteiger partial charge is 0.508 e.